The van der Waals surface area contributed by atoms with Crippen molar-refractivity contribution in [3.63, 3.8) is 0 Å². The highest BCUT2D eigenvalue weighted by Crippen LogP contribution is 2.38. The highest BCUT2D eigenvalue weighted by molar-refractivity contribution is 7.86. The van der Waals surface area contributed by atoms with E-state index in [0.29, 0.717) is 38.0 Å². The van der Waals surface area contributed by atoms with Crippen molar-refractivity contribution in [3.05, 3.63) is 0 Å². The maximum absolute atomic E-state index is 12.4. The Balaban J connectivity index is 1.74. The molecule has 1 aliphatic carbocycles. The van der Waals surface area contributed by atoms with Gasteiger partial charge in [0.2, 0.25) is 0 Å². The lowest BCUT2D eigenvalue weighted by Crippen LogP contribution is -2.42. The van der Waals surface area contributed by atoms with Gasteiger partial charge in [0.05, 0.1) is 0 Å². The van der Waals surface area contributed by atoms with Crippen LogP contribution in [0, 0.1) is 11.8 Å². The lowest BCUT2D eigenvalue weighted by molar-refractivity contribution is 0.376. The zero-order valence-electron chi connectivity index (χ0n) is 10.1. The van der Waals surface area contributed by atoms with Gasteiger partial charge in [0, 0.05) is 32.2 Å². The molecule has 0 aromatic heterocycles. The van der Waals surface area contributed by atoms with Crippen LogP contribution in [0.25, 0.3) is 0 Å². The summed E-state index contributed by atoms with van der Waals surface area (Å²) in [6, 6.07) is 0.207. The molecule has 2 saturated heterocycles. The average Bonchev–Trinajstić information content (AvgIpc) is 2.96. The Labute approximate surface area is 103 Å². The van der Waals surface area contributed by atoms with E-state index in [-0.39, 0.29) is 6.04 Å². The number of nitrogens with two attached hydrogens (primary N) is 1. The van der Waals surface area contributed by atoms with Gasteiger partial charge in [0.25, 0.3) is 10.2 Å². The van der Waals surface area contributed by atoms with Gasteiger partial charge < -0.3 is 5.73 Å². The maximum atomic E-state index is 12.4. The van der Waals surface area contributed by atoms with Crippen molar-refractivity contribution >= 4 is 10.2 Å². The summed E-state index contributed by atoms with van der Waals surface area (Å²) >= 11 is 0. The Hall–Kier alpha value is -0.170. The molecule has 6 heteroatoms. The fourth-order valence-corrected chi connectivity index (χ4v) is 5.32. The van der Waals surface area contributed by atoms with Crippen LogP contribution in [0.2, 0.25) is 0 Å². The molecule has 98 valence electrons. The number of rotatable bonds is 2. The zero-order valence-corrected chi connectivity index (χ0v) is 10.9. The molecule has 0 amide bonds. The summed E-state index contributed by atoms with van der Waals surface area (Å²) in [6.07, 6.45) is 4.16. The van der Waals surface area contributed by atoms with Crippen LogP contribution in [-0.4, -0.2) is 49.2 Å². The van der Waals surface area contributed by atoms with E-state index in [1.807, 2.05) is 0 Å². The highest BCUT2D eigenvalue weighted by Gasteiger charge is 2.46. The largest absolute Gasteiger partial charge is 0.327 e. The first kappa shape index (κ1) is 11.9. The van der Waals surface area contributed by atoms with Gasteiger partial charge in [-0.15, -0.1) is 0 Å². The molecule has 2 aliphatic heterocycles. The Kier molecular flexibility index (Phi) is 2.93. The SMILES string of the molecule is NC1CCC2CN(S(=O)(=O)N3CCCC3)CC12. The summed E-state index contributed by atoms with van der Waals surface area (Å²) < 4.78 is 28.1. The number of fused-ring (bicyclic) bond motifs is 1. The van der Waals surface area contributed by atoms with Gasteiger partial charge in [-0.25, -0.2) is 0 Å². The smallest absolute Gasteiger partial charge is 0.281 e. The first-order chi connectivity index (χ1) is 8.09. The molecule has 3 unspecified atom stereocenters. The average molecular weight is 259 g/mol. The molecule has 3 aliphatic rings. The Morgan fingerprint density at radius 2 is 1.71 bits per heavy atom. The van der Waals surface area contributed by atoms with Gasteiger partial charge in [-0.1, -0.05) is 0 Å². The quantitative estimate of drug-likeness (QED) is 0.759. The standard InChI is InChI=1S/C11H21N3O2S/c12-11-4-3-9-7-14(8-10(9)11)17(15,16)13-5-1-2-6-13/h9-11H,1-8,12H2. The fourth-order valence-electron chi connectivity index (χ4n) is 3.54. The second-order valence-corrected chi connectivity index (χ2v) is 7.52. The molecule has 0 bridgehead atoms. The molecule has 5 nitrogen and oxygen atoms in total. The van der Waals surface area contributed by atoms with Crippen LogP contribution in [0.5, 0.6) is 0 Å². The first-order valence-electron chi connectivity index (χ1n) is 6.60. The predicted octanol–water partition coefficient (Wildman–Crippen LogP) is -0.00390. The molecule has 0 aromatic carbocycles. The minimum atomic E-state index is -3.19. The van der Waals surface area contributed by atoms with Crippen LogP contribution in [0.3, 0.4) is 0 Å². The van der Waals surface area contributed by atoms with Gasteiger partial charge in [0.1, 0.15) is 0 Å². The third-order valence-electron chi connectivity index (χ3n) is 4.60. The molecule has 2 N–H and O–H groups in total. The summed E-state index contributed by atoms with van der Waals surface area (Å²) in [7, 11) is -3.19. The highest BCUT2D eigenvalue weighted by atomic mass is 32.2. The van der Waals surface area contributed by atoms with Crippen LogP contribution in [0.15, 0.2) is 0 Å². The molecular weight excluding hydrogens is 238 g/mol. The van der Waals surface area contributed by atoms with Crippen LogP contribution in [0.4, 0.5) is 0 Å². The molecule has 17 heavy (non-hydrogen) atoms. The second-order valence-electron chi connectivity index (χ2n) is 5.60. The van der Waals surface area contributed by atoms with Crippen molar-refractivity contribution in [1.82, 2.24) is 8.61 Å². The monoisotopic (exact) mass is 259 g/mol. The predicted molar refractivity (Wildman–Crippen MR) is 65.5 cm³/mol. The summed E-state index contributed by atoms with van der Waals surface area (Å²) in [5.41, 5.74) is 6.04. The number of hydrogen-bond donors (Lipinski definition) is 1. The zero-order chi connectivity index (χ0) is 12.0. The minimum Gasteiger partial charge on any atom is -0.327 e. The molecule has 1 saturated carbocycles. The van der Waals surface area contributed by atoms with E-state index >= 15 is 0 Å². The Morgan fingerprint density at radius 3 is 2.35 bits per heavy atom. The van der Waals surface area contributed by atoms with E-state index in [1.54, 1.807) is 8.61 Å². The Morgan fingerprint density at radius 1 is 1.00 bits per heavy atom. The molecule has 0 aromatic rings. The van der Waals surface area contributed by atoms with E-state index in [2.05, 4.69) is 0 Å². The molecule has 2 heterocycles. The minimum absolute atomic E-state index is 0.207. The lowest BCUT2D eigenvalue weighted by atomic mass is 9.98. The van der Waals surface area contributed by atoms with Crippen molar-refractivity contribution in [2.45, 2.75) is 31.7 Å². The van der Waals surface area contributed by atoms with Crippen LogP contribution in [0.1, 0.15) is 25.7 Å². The number of nitrogens with zero attached hydrogens (tertiary/aromatic N) is 2. The summed E-state index contributed by atoms with van der Waals surface area (Å²) in [4.78, 5) is 0. The normalized spacial score (nSPS) is 39.9. The van der Waals surface area contributed by atoms with Crippen molar-refractivity contribution in [2.24, 2.45) is 17.6 Å². The summed E-state index contributed by atoms with van der Waals surface area (Å²) in [5, 5.41) is 0. The van der Waals surface area contributed by atoms with Crippen molar-refractivity contribution in [3.8, 4) is 0 Å². The Bertz CT molecular complexity index is 392. The fraction of sp³-hybridized carbons (Fsp3) is 1.00. The van der Waals surface area contributed by atoms with Crippen LogP contribution in [-0.2, 0) is 10.2 Å². The third-order valence-corrected chi connectivity index (χ3v) is 6.56. The molecule has 0 spiro atoms. The lowest BCUT2D eigenvalue weighted by Gasteiger charge is -2.24. The molecule has 3 atom stereocenters. The van der Waals surface area contributed by atoms with Crippen molar-refractivity contribution in [2.75, 3.05) is 26.2 Å². The summed E-state index contributed by atoms with van der Waals surface area (Å²) in [6.45, 7) is 2.72. The maximum Gasteiger partial charge on any atom is 0.281 e. The van der Waals surface area contributed by atoms with Crippen molar-refractivity contribution < 1.29 is 8.42 Å². The number of hydrogen-bond acceptors (Lipinski definition) is 3. The van der Waals surface area contributed by atoms with E-state index in [0.717, 1.165) is 25.7 Å². The van der Waals surface area contributed by atoms with Crippen LogP contribution < -0.4 is 5.73 Å². The topological polar surface area (TPSA) is 66.6 Å². The van der Waals surface area contributed by atoms with Gasteiger partial charge in [0.15, 0.2) is 0 Å². The van der Waals surface area contributed by atoms with Crippen LogP contribution >= 0.6 is 0 Å². The van der Waals surface area contributed by atoms with Gasteiger partial charge in [-0.3, -0.25) is 0 Å². The third kappa shape index (κ3) is 1.91. The van der Waals surface area contributed by atoms with Gasteiger partial charge in [-0.2, -0.15) is 17.0 Å². The van der Waals surface area contributed by atoms with E-state index in [1.165, 1.54) is 0 Å². The van der Waals surface area contributed by atoms with E-state index < -0.39 is 10.2 Å². The molecular formula is C11H21N3O2S. The molecule has 0 radical (unpaired) electrons. The van der Waals surface area contributed by atoms with E-state index in [9.17, 15) is 8.42 Å². The molecule has 3 rings (SSSR count). The van der Waals surface area contributed by atoms with Gasteiger partial charge in [-0.05, 0) is 37.5 Å². The van der Waals surface area contributed by atoms with E-state index in [4.69, 9.17) is 5.73 Å². The molecule has 3 fully saturated rings. The second kappa shape index (κ2) is 4.19. The first-order valence-corrected chi connectivity index (χ1v) is 7.99. The summed E-state index contributed by atoms with van der Waals surface area (Å²) in [5.74, 6) is 0.898. The van der Waals surface area contributed by atoms with Crippen molar-refractivity contribution in [1.29, 1.82) is 0 Å². The van der Waals surface area contributed by atoms with Gasteiger partial charge >= 0.3 is 0 Å².